The molecule has 0 aliphatic heterocycles. The number of halogens is 2. The van der Waals surface area contributed by atoms with Crippen LogP contribution in [0.1, 0.15) is 38.2 Å². The van der Waals surface area contributed by atoms with Crippen molar-refractivity contribution in [3.05, 3.63) is 34.9 Å². The first-order valence-corrected chi connectivity index (χ1v) is 8.08. The summed E-state index contributed by atoms with van der Waals surface area (Å²) in [5.41, 5.74) is -1.21. The third kappa shape index (κ3) is 3.08. The van der Waals surface area contributed by atoms with Gasteiger partial charge in [0.2, 0.25) is 0 Å². The predicted octanol–water partition coefficient (Wildman–Crippen LogP) is 4.33. The molecule has 1 aromatic carbocycles. The van der Waals surface area contributed by atoms with Crippen LogP contribution in [0.15, 0.2) is 24.3 Å². The van der Waals surface area contributed by atoms with Crippen LogP contribution < -0.4 is 0 Å². The van der Waals surface area contributed by atoms with Gasteiger partial charge in [0, 0.05) is 24.1 Å². The highest BCUT2D eigenvalue weighted by atomic mass is 35.5. The first-order valence-electron chi connectivity index (χ1n) is 7.26. The molecular weight excluding hydrogens is 325 g/mol. The maximum Gasteiger partial charge on any atom is 0.412 e. The highest BCUT2D eigenvalue weighted by Gasteiger charge is 2.48. The van der Waals surface area contributed by atoms with Crippen molar-refractivity contribution in [2.75, 3.05) is 7.05 Å². The standard InChI is InChI=1S/C16H19Cl2NO3/c1-11(17)22-15(21)19(2)16(10-6-5-9-14(16)20)12-7-3-4-8-13(12)18/h3-4,7-8,11H,5-6,9-10H2,1-2H3/t11?,16-/m0/s1. The van der Waals surface area contributed by atoms with Crippen molar-refractivity contribution in [1.82, 2.24) is 4.90 Å². The maximum absolute atomic E-state index is 12.8. The van der Waals surface area contributed by atoms with E-state index in [1.165, 1.54) is 4.90 Å². The summed E-state index contributed by atoms with van der Waals surface area (Å²) < 4.78 is 5.06. The molecule has 4 nitrogen and oxygen atoms in total. The molecule has 1 amide bonds. The fraction of sp³-hybridized carbons (Fsp3) is 0.500. The van der Waals surface area contributed by atoms with Crippen LogP contribution in [0.25, 0.3) is 0 Å². The number of carbonyl (C=O) groups excluding carboxylic acids is 2. The molecule has 0 spiro atoms. The number of amides is 1. The Balaban J connectivity index is 2.49. The van der Waals surface area contributed by atoms with Crippen molar-refractivity contribution in [2.24, 2.45) is 0 Å². The second-order valence-electron chi connectivity index (χ2n) is 5.46. The second-order valence-corrected chi connectivity index (χ2v) is 6.48. The third-order valence-corrected chi connectivity index (χ3v) is 4.50. The Bertz CT molecular complexity index is 576. The van der Waals surface area contributed by atoms with Crippen molar-refractivity contribution in [3.8, 4) is 0 Å². The van der Waals surface area contributed by atoms with Crippen LogP contribution in [0.5, 0.6) is 0 Å². The Morgan fingerprint density at radius 2 is 2.05 bits per heavy atom. The molecule has 0 N–H and O–H groups in total. The van der Waals surface area contributed by atoms with E-state index in [1.54, 1.807) is 32.2 Å². The van der Waals surface area contributed by atoms with Crippen LogP contribution in [0, 0.1) is 0 Å². The molecule has 0 radical (unpaired) electrons. The highest BCUT2D eigenvalue weighted by molar-refractivity contribution is 6.31. The number of Topliss-reactive ketones (excluding diaryl/α,β-unsaturated/α-hetero) is 1. The number of benzene rings is 1. The monoisotopic (exact) mass is 343 g/mol. The van der Waals surface area contributed by atoms with Gasteiger partial charge in [0.1, 0.15) is 5.54 Å². The second kappa shape index (κ2) is 6.88. The van der Waals surface area contributed by atoms with Gasteiger partial charge in [-0.2, -0.15) is 0 Å². The SMILES string of the molecule is CC(Cl)OC(=O)N(C)[C@]1(c2ccccc2Cl)CCCCC1=O. The minimum absolute atomic E-state index is 0.0199. The van der Waals surface area contributed by atoms with Gasteiger partial charge in [0.05, 0.1) is 0 Å². The van der Waals surface area contributed by atoms with Gasteiger partial charge in [-0.15, -0.1) is 0 Å². The molecule has 6 heteroatoms. The van der Waals surface area contributed by atoms with Crippen LogP contribution >= 0.6 is 23.2 Å². The molecule has 120 valence electrons. The summed E-state index contributed by atoms with van der Waals surface area (Å²) in [5, 5.41) is 0.469. The van der Waals surface area contributed by atoms with Gasteiger partial charge in [-0.1, -0.05) is 41.4 Å². The lowest BCUT2D eigenvalue weighted by Crippen LogP contribution is -2.54. The van der Waals surface area contributed by atoms with Crippen LogP contribution in [0.4, 0.5) is 4.79 Å². The number of ketones is 1. The average molecular weight is 344 g/mol. The molecule has 2 rings (SSSR count). The van der Waals surface area contributed by atoms with Crippen molar-refractivity contribution in [1.29, 1.82) is 0 Å². The zero-order chi connectivity index (χ0) is 16.3. The molecule has 0 saturated heterocycles. The number of hydrogen-bond acceptors (Lipinski definition) is 3. The lowest BCUT2D eigenvalue weighted by Gasteiger charge is -2.43. The minimum Gasteiger partial charge on any atom is -0.430 e. The van der Waals surface area contributed by atoms with Gasteiger partial charge in [-0.05, 0) is 32.3 Å². The number of carbonyl (C=O) groups is 2. The molecule has 2 atom stereocenters. The fourth-order valence-electron chi connectivity index (χ4n) is 3.00. The summed E-state index contributed by atoms with van der Waals surface area (Å²) in [4.78, 5) is 26.4. The quantitative estimate of drug-likeness (QED) is 0.767. The summed E-state index contributed by atoms with van der Waals surface area (Å²) in [6, 6.07) is 7.13. The normalized spacial score (nSPS) is 23.0. The third-order valence-electron chi connectivity index (χ3n) is 4.08. The molecule has 22 heavy (non-hydrogen) atoms. The molecule has 1 saturated carbocycles. The Hall–Kier alpha value is -1.26. The predicted molar refractivity (Wildman–Crippen MR) is 86.2 cm³/mol. The summed E-state index contributed by atoms with van der Waals surface area (Å²) >= 11 is 12.0. The Kier molecular flexibility index (Phi) is 5.35. The number of ether oxygens (including phenoxy) is 1. The van der Waals surface area contributed by atoms with Crippen LogP contribution in [0.3, 0.4) is 0 Å². The fourth-order valence-corrected chi connectivity index (χ4v) is 3.37. The van der Waals surface area contributed by atoms with Crippen LogP contribution in [-0.4, -0.2) is 29.4 Å². The largest absolute Gasteiger partial charge is 0.430 e. The molecule has 0 heterocycles. The van der Waals surface area contributed by atoms with E-state index < -0.39 is 17.2 Å². The lowest BCUT2D eigenvalue weighted by molar-refractivity contribution is -0.133. The Labute approximate surface area is 140 Å². The van der Waals surface area contributed by atoms with E-state index in [-0.39, 0.29) is 5.78 Å². The van der Waals surface area contributed by atoms with Crippen molar-refractivity contribution in [2.45, 2.75) is 43.7 Å². The number of alkyl halides is 1. The maximum atomic E-state index is 12.8. The van der Waals surface area contributed by atoms with Gasteiger partial charge in [0.25, 0.3) is 0 Å². The van der Waals surface area contributed by atoms with Gasteiger partial charge >= 0.3 is 6.09 Å². The van der Waals surface area contributed by atoms with Gasteiger partial charge in [0.15, 0.2) is 11.3 Å². The van der Waals surface area contributed by atoms with Crippen molar-refractivity contribution in [3.63, 3.8) is 0 Å². The molecule has 1 aliphatic carbocycles. The van der Waals surface area contributed by atoms with Crippen LogP contribution in [0.2, 0.25) is 5.02 Å². The van der Waals surface area contributed by atoms with Gasteiger partial charge < -0.3 is 4.74 Å². The zero-order valence-electron chi connectivity index (χ0n) is 12.6. The number of rotatable bonds is 3. The summed E-state index contributed by atoms with van der Waals surface area (Å²) in [7, 11) is 1.56. The van der Waals surface area contributed by atoms with E-state index in [2.05, 4.69) is 0 Å². The molecule has 1 unspecified atom stereocenters. The summed E-state index contributed by atoms with van der Waals surface area (Å²) in [6.07, 6.45) is 1.97. The molecular formula is C16H19Cl2NO3. The summed E-state index contributed by atoms with van der Waals surface area (Å²) in [5.74, 6) is -0.0199. The Morgan fingerprint density at radius 1 is 1.36 bits per heavy atom. The van der Waals surface area contributed by atoms with E-state index in [0.717, 1.165) is 12.8 Å². The molecule has 1 aromatic rings. The molecule has 0 aromatic heterocycles. The number of nitrogens with zero attached hydrogens (tertiary/aromatic N) is 1. The number of hydrogen-bond donors (Lipinski definition) is 0. The Morgan fingerprint density at radius 3 is 2.64 bits per heavy atom. The highest BCUT2D eigenvalue weighted by Crippen LogP contribution is 2.42. The average Bonchev–Trinajstić information content (AvgIpc) is 2.47. The smallest absolute Gasteiger partial charge is 0.412 e. The van der Waals surface area contributed by atoms with E-state index in [4.69, 9.17) is 27.9 Å². The number of likely N-dealkylation sites (N-methyl/N-ethyl adjacent to an activating group) is 1. The minimum atomic E-state index is -1.08. The lowest BCUT2D eigenvalue weighted by atomic mass is 9.74. The van der Waals surface area contributed by atoms with Crippen LogP contribution in [-0.2, 0) is 15.1 Å². The van der Waals surface area contributed by atoms with Crippen molar-refractivity contribution < 1.29 is 14.3 Å². The van der Waals surface area contributed by atoms with E-state index >= 15 is 0 Å². The molecule has 1 aliphatic rings. The van der Waals surface area contributed by atoms with E-state index in [9.17, 15) is 9.59 Å². The topological polar surface area (TPSA) is 46.6 Å². The first kappa shape index (κ1) is 17.1. The van der Waals surface area contributed by atoms with E-state index in [0.29, 0.717) is 23.4 Å². The van der Waals surface area contributed by atoms with Gasteiger partial charge in [-0.25, -0.2) is 4.79 Å². The van der Waals surface area contributed by atoms with E-state index in [1.807, 2.05) is 6.07 Å². The molecule has 1 fully saturated rings. The zero-order valence-corrected chi connectivity index (χ0v) is 14.2. The first-order chi connectivity index (χ1) is 10.4. The molecule has 0 bridgehead atoms. The van der Waals surface area contributed by atoms with Gasteiger partial charge in [-0.3, -0.25) is 9.69 Å². The summed E-state index contributed by atoms with van der Waals surface area (Å²) in [6.45, 7) is 1.55. The van der Waals surface area contributed by atoms with Crippen molar-refractivity contribution >= 4 is 35.1 Å².